The molecule has 1 aromatic heterocycles. The lowest BCUT2D eigenvalue weighted by molar-refractivity contribution is -0.769. The van der Waals surface area contributed by atoms with Gasteiger partial charge >= 0.3 is 0 Å². The number of para-hydroxylation sites is 1. The zero-order valence-corrected chi connectivity index (χ0v) is 15.3. The molecule has 0 unspecified atom stereocenters. The molecule has 28 heavy (non-hydrogen) atoms. The number of fused-ring (bicyclic) bond motifs is 2. The highest BCUT2D eigenvalue weighted by atomic mass is 17.0. The van der Waals surface area contributed by atoms with E-state index in [0.717, 1.165) is 6.42 Å². The maximum Gasteiger partial charge on any atom is 0.294 e. The molecule has 0 N–H and O–H groups in total. The largest absolute Gasteiger partial charge is 0.341 e. The van der Waals surface area contributed by atoms with Crippen molar-refractivity contribution in [1.29, 1.82) is 0 Å². The molecule has 0 aliphatic carbocycles. The van der Waals surface area contributed by atoms with Gasteiger partial charge in [-0.05, 0) is 31.4 Å². The number of nitrogens with zero attached hydrogens (tertiary/aromatic N) is 5. The van der Waals surface area contributed by atoms with Gasteiger partial charge in [-0.1, -0.05) is 12.1 Å². The third-order valence-corrected chi connectivity index (χ3v) is 5.29. The first-order chi connectivity index (χ1) is 13.5. The van der Waals surface area contributed by atoms with Gasteiger partial charge in [0.15, 0.2) is 0 Å². The van der Waals surface area contributed by atoms with Crippen LogP contribution in [0.2, 0.25) is 0 Å². The summed E-state index contributed by atoms with van der Waals surface area (Å²) in [5, 5.41) is 10.2. The van der Waals surface area contributed by atoms with Gasteiger partial charge in [-0.15, -0.1) is 10.1 Å². The van der Waals surface area contributed by atoms with Crippen LogP contribution < -0.4 is 10.5 Å². The molecule has 10 nitrogen and oxygen atoms in total. The molecule has 1 amide bonds. The second-order valence-electron chi connectivity index (χ2n) is 7.07. The molecule has 3 heterocycles. The average molecular weight is 387 g/mol. The van der Waals surface area contributed by atoms with Crippen LogP contribution in [0, 0.1) is 10.1 Å². The summed E-state index contributed by atoms with van der Waals surface area (Å²) >= 11 is 0. The average Bonchev–Trinajstić information content (AvgIpc) is 2.69. The lowest BCUT2D eigenvalue weighted by Crippen LogP contribution is -2.48. The SMILES string of the molecule is O=C(CN1CCCn2c1nc1ccccc1c2=O)N1CCC(O[N+](=O)[O-])CC1. The Morgan fingerprint density at radius 2 is 1.96 bits per heavy atom. The minimum absolute atomic E-state index is 0.0737. The van der Waals surface area contributed by atoms with E-state index in [0.29, 0.717) is 55.9 Å². The van der Waals surface area contributed by atoms with Gasteiger partial charge in [-0.2, -0.15) is 0 Å². The Labute approximate surface area is 160 Å². The topological polar surface area (TPSA) is 111 Å². The van der Waals surface area contributed by atoms with E-state index in [4.69, 9.17) is 0 Å². The summed E-state index contributed by atoms with van der Waals surface area (Å²) in [7, 11) is 0. The van der Waals surface area contributed by atoms with Gasteiger partial charge in [-0.25, -0.2) is 4.98 Å². The minimum Gasteiger partial charge on any atom is -0.341 e. The summed E-state index contributed by atoms with van der Waals surface area (Å²) in [5.41, 5.74) is 0.534. The molecule has 0 bridgehead atoms. The fraction of sp³-hybridized carbons (Fsp3) is 0.500. The number of hydrogen-bond acceptors (Lipinski definition) is 7. The number of rotatable bonds is 4. The second kappa shape index (κ2) is 7.45. The van der Waals surface area contributed by atoms with Gasteiger partial charge < -0.3 is 14.6 Å². The Balaban J connectivity index is 1.49. The third kappa shape index (κ3) is 3.49. The summed E-state index contributed by atoms with van der Waals surface area (Å²) in [6.45, 7) is 2.20. The molecule has 2 aliphatic rings. The van der Waals surface area contributed by atoms with Crippen LogP contribution in [0.1, 0.15) is 19.3 Å². The molecular weight excluding hydrogens is 366 g/mol. The van der Waals surface area contributed by atoms with Crippen LogP contribution in [-0.4, -0.2) is 57.7 Å². The molecule has 2 aromatic rings. The van der Waals surface area contributed by atoms with Crippen molar-refractivity contribution in [3.63, 3.8) is 0 Å². The fourth-order valence-corrected chi connectivity index (χ4v) is 3.86. The zero-order chi connectivity index (χ0) is 19.7. The Morgan fingerprint density at radius 3 is 2.71 bits per heavy atom. The van der Waals surface area contributed by atoms with E-state index in [2.05, 4.69) is 9.82 Å². The standard InChI is InChI=1S/C18H21N5O5/c24-16(20-10-6-13(7-11-20)28-23(26)27)12-21-8-3-9-22-17(25)14-4-1-2-5-15(14)19-18(21)22/h1-2,4-5,13H,3,6-12H2. The highest BCUT2D eigenvalue weighted by Crippen LogP contribution is 2.20. The summed E-state index contributed by atoms with van der Waals surface area (Å²) in [5.74, 6) is 0.449. The second-order valence-corrected chi connectivity index (χ2v) is 7.07. The van der Waals surface area contributed by atoms with E-state index < -0.39 is 11.2 Å². The normalized spacial score (nSPS) is 17.4. The molecule has 1 aromatic carbocycles. The van der Waals surface area contributed by atoms with Gasteiger partial charge in [0, 0.05) is 26.2 Å². The van der Waals surface area contributed by atoms with E-state index in [9.17, 15) is 19.7 Å². The monoisotopic (exact) mass is 387 g/mol. The van der Waals surface area contributed by atoms with Crippen LogP contribution in [0.25, 0.3) is 10.9 Å². The lowest BCUT2D eigenvalue weighted by Gasteiger charge is -2.35. The van der Waals surface area contributed by atoms with E-state index >= 15 is 0 Å². The predicted molar refractivity (Wildman–Crippen MR) is 101 cm³/mol. The summed E-state index contributed by atoms with van der Waals surface area (Å²) in [4.78, 5) is 48.7. The molecule has 0 atom stereocenters. The van der Waals surface area contributed by atoms with Gasteiger partial charge in [0.1, 0.15) is 6.10 Å². The quantitative estimate of drug-likeness (QED) is 0.564. The van der Waals surface area contributed by atoms with Crippen LogP contribution in [0.15, 0.2) is 29.1 Å². The molecule has 1 fully saturated rings. The van der Waals surface area contributed by atoms with Crippen molar-refractivity contribution in [2.75, 3.05) is 31.1 Å². The first kappa shape index (κ1) is 18.2. The van der Waals surface area contributed by atoms with E-state index in [1.54, 1.807) is 21.6 Å². The molecule has 4 rings (SSSR count). The van der Waals surface area contributed by atoms with Crippen LogP contribution in [0.3, 0.4) is 0 Å². The minimum atomic E-state index is -0.777. The van der Waals surface area contributed by atoms with Crippen molar-refractivity contribution in [3.05, 3.63) is 44.7 Å². The number of hydrogen-bond donors (Lipinski definition) is 0. The number of amides is 1. The highest BCUT2D eigenvalue weighted by molar-refractivity contribution is 5.82. The summed E-state index contributed by atoms with van der Waals surface area (Å²) < 4.78 is 1.64. The maximum atomic E-state index is 12.8. The first-order valence-electron chi connectivity index (χ1n) is 9.36. The van der Waals surface area contributed by atoms with Crippen molar-refractivity contribution in [2.45, 2.75) is 31.9 Å². The van der Waals surface area contributed by atoms with Crippen molar-refractivity contribution in [3.8, 4) is 0 Å². The van der Waals surface area contributed by atoms with E-state index in [1.807, 2.05) is 17.0 Å². The van der Waals surface area contributed by atoms with Crippen LogP contribution in [0.5, 0.6) is 0 Å². The Bertz CT molecular complexity index is 966. The maximum absolute atomic E-state index is 12.8. The number of anilines is 1. The molecule has 2 aliphatic heterocycles. The van der Waals surface area contributed by atoms with Gasteiger partial charge in [0.05, 0.1) is 17.4 Å². The van der Waals surface area contributed by atoms with Crippen molar-refractivity contribution < 1.29 is 14.7 Å². The van der Waals surface area contributed by atoms with E-state index in [1.165, 1.54) is 0 Å². The zero-order valence-electron chi connectivity index (χ0n) is 15.3. The van der Waals surface area contributed by atoms with Crippen molar-refractivity contribution >= 4 is 22.8 Å². The lowest BCUT2D eigenvalue weighted by atomic mass is 10.1. The summed E-state index contributed by atoms with van der Waals surface area (Å²) in [6, 6.07) is 7.21. The smallest absolute Gasteiger partial charge is 0.294 e. The van der Waals surface area contributed by atoms with Crippen LogP contribution in [0.4, 0.5) is 5.95 Å². The first-order valence-corrected chi connectivity index (χ1v) is 9.36. The van der Waals surface area contributed by atoms with Crippen molar-refractivity contribution in [2.24, 2.45) is 0 Å². The molecule has 148 valence electrons. The number of likely N-dealkylation sites (tertiary alicyclic amines) is 1. The number of aromatic nitrogens is 2. The molecule has 0 saturated carbocycles. The van der Waals surface area contributed by atoms with Crippen LogP contribution in [-0.2, 0) is 16.2 Å². The number of benzene rings is 1. The fourth-order valence-electron chi connectivity index (χ4n) is 3.86. The Morgan fingerprint density at radius 1 is 1.21 bits per heavy atom. The summed E-state index contributed by atoms with van der Waals surface area (Å²) in [6.07, 6.45) is 1.18. The van der Waals surface area contributed by atoms with Gasteiger partial charge in [0.2, 0.25) is 11.9 Å². The predicted octanol–water partition coefficient (Wildman–Crippen LogP) is 0.806. The molecule has 1 saturated heterocycles. The molecule has 10 heteroatoms. The van der Waals surface area contributed by atoms with E-state index in [-0.39, 0.29) is 18.0 Å². The number of piperidine rings is 1. The van der Waals surface area contributed by atoms with Gasteiger partial charge in [-0.3, -0.25) is 14.2 Å². The number of carbonyl (C=O) groups is 1. The van der Waals surface area contributed by atoms with Gasteiger partial charge in [0.25, 0.3) is 10.6 Å². The van der Waals surface area contributed by atoms with Crippen LogP contribution >= 0.6 is 0 Å². The highest BCUT2D eigenvalue weighted by Gasteiger charge is 2.28. The Hall–Kier alpha value is -3.17. The molecular formula is C18H21N5O5. The molecule has 0 spiro atoms. The molecule has 0 radical (unpaired) electrons. The van der Waals surface area contributed by atoms with Crippen molar-refractivity contribution in [1.82, 2.24) is 14.5 Å². The third-order valence-electron chi connectivity index (χ3n) is 5.29. The Kier molecular flexibility index (Phi) is 4.84. The number of carbonyl (C=O) groups excluding carboxylic acids is 1.